The molecule has 2 aromatic rings. The molecule has 0 bridgehead atoms. The molecule has 0 unspecified atom stereocenters. The number of nitrogens with two attached hydrogens (primary N) is 3. The molecule has 2 rings (SSSR count). The van der Waals surface area contributed by atoms with Gasteiger partial charge in [-0.05, 0) is 61.9 Å². The number of carbonyl (C=O) groups is 3. The van der Waals surface area contributed by atoms with Crippen molar-refractivity contribution in [3.05, 3.63) is 59.1 Å². The van der Waals surface area contributed by atoms with E-state index in [2.05, 4.69) is 5.32 Å². The van der Waals surface area contributed by atoms with Crippen molar-refractivity contribution in [3.63, 3.8) is 0 Å². The number of hydrogen-bond acceptors (Lipinski definition) is 6. The largest absolute Gasteiger partial charge is 0.480 e. The lowest BCUT2D eigenvalue weighted by Crippen LogP contribution is -2.29. The number of aldehydes is 1. The van der Waals surface area contributed by atoms with E-state index < -0.39 is 12.0 Å². The van der Waals surface area contributed by atoms with Gasteiger partial charge >= 0.3 is 5.97 Å². The fourth-order valence-corrected chi connectivity index (χ4v) is 2.19. The second-order valence-corrected chi connectivity index (χ2v) is 6.64. The summed E-state index contributed by atoms with van der Waals surface area (Å²) in [4.78, 5) is 31.0. The molecule has 1 atom stereocenters. The first-order chi connectivity index (χ1) is 14.2. The van der Waals surface area contributed by atoms with Gasteiger partial charge < -0.3 is 27.6 Å². The van der Waals surface area contributed by atoms with Gasteiger partial charge in [0.05, 0.1) is 0 Å². The highest BCUT2D eigenvalue weighted by atomic mass is 35.5. The van der Waals surface area contributed by atoms with Crippen LogP contribution in [0.2, 0.25) is 5.02 Å². The van der Waals surface area contributed by atoms with Crippen LogP contribution in [-0.4, -0.2) is 35.9 Å². The summed E-state index contributed by atoms with van der Waals surface area (Å²) in [6, 6.07) is 13.1. The van der Waals surface area contributed by atoms with E-state index in [1.54, 1.807) is 42.5 Å². The Morgan fingerprint density at radius 2 is 1.80 bits per heavy atom. The summed E-state index contributed by atoms with van der Waals surface area (Å²) in [5, 5.41) is 11.6. The molecule has 0 aromatic heterocycles. The second kappa shape index (κ2) is 15.9. The summed E-state index contributed by atoms with van der Waals surface area (Å²) in [6.45, 7) is 2.04. The predicted molar refractivity (Wildman–Crippen MR) is 121 cm³/mol. The van der Waals surface area contributed by atoms with Crippen molar-refractivity contribution < 1.29 is 19.5 Å². The molecule has 0 fully saturated rings. The highest BCUT2D eigenvalue weighted by molar-refractivity contribution is 6.30. The van der Waals surface area contributed by atoms with Gasteiger partial charge in [-0.15, -0.1) is 0 Å². The number of carbonyl (C=O) groups excluding carboxylic acids is 2. The molecular weight excluding hydrogens is 408 g/mol. The highest BCUT2D eigenvalue weighted by Crippen LogP contribution is 2.10. The van der Waals surface area contributed by atoms with Crippen LogP contribution in [-0.2, 0) is 9.59 Å². The number of unbranched alkanes of at least 4 members (excludes halogenated alkanes) is 1. The molecule has 30 heavy (non-hydrogen) atoms. The minimum absolute atomic E-state index is 0.117. The fraction of sp³-hybridized carbons (Fsp3) is 0.286. The lowest BCUT2D eigenvalue weighted by molar-refractivity contribution is -0.138. The third-order valence-corrected chi connectivity index (χ3v) is 3.74. The Hall–Kier alpha value is -2.94. The van der Waals surface area contributed by atoms with Crippen LogP contribution in [0.5, 0.6) is 0 Å². The standard InChI is InChI=1S/C9H9NO2.C6H6ClN.C6H14N2O2/c1-7(12)10-9-4-2-8(6-11)3-5-9;7-5-2-1-3-6(8)4-5;7-4-2-1-3-5(8)6(9)10/h2-6H,1H3,(H,10,12);1-4H,8H2;5H,1-4,7-8H2,(H,9,10)/t;;5-/m..0/s1. The molecule has 0 spiro atoms. The average molecular weight is 437 g/mol. The SMILES string of the molecule is CC(=O)Nc1ccc(C=O)cc1.NCCCC[C@H](N)C(=O)O.Nc1cccc(Cl)c1. The van der Waals surface area contributed by atoms with Crippen LogP contribution < -0.4 is 22.5 Å². The maximum Gasteiger partial charge on any atom is 0.320 e. The van der Waals surface area contributed by atoms with Crippen LogP contribution in [0.15, 0.2) is 48.5 Å². The Morgan fingerprint density at radius 1 is 1.17 bits per heavy atom. The third kappa shape index (κ3) is 14.1. The molecule has 2 aromatic carbocycles. The van der Waals surface area contributed by atoms with Crippen LogP contribution in [0.3, 0.4) is 0 Å². The molecular formula is C21H29ClN4O4. The molecule has 0 radical (unpaired) electrons. The molecule has 8 N–H and O–H groups in total. The third-order valence-electron chi connectivity index (χ3n) is 3.50. The molecule has 164 valence electrons. The van der Waals surface area contributed by atoms with Gasteiger partial charge in [-0.2, -0.15) is 0 Å². The summed E-state index contributed by atoms with van der Waals surface area (Å²) in [5.74, 6) is -1.05. The zero-order valence-corrected chi connectivity index (χ0v) is 17.6. The van der Waals surface area contributed by atoms with E-state index in [1.165, 1.54) is 6.92 Å². The van der Waals surface area contributed by atoms with E-state index in [1.807, 2.05) is 6.07 Å². The molecule has 1 amide bonds. The quantitative estimate of drug-likeness (QED) is 0.253. The Morgan fingerprint density at radius 3 is 2.20 bits per heavy atom. The van der Waals surface area contributed by atoms with Crippen LogP contribution in [0.1, 0.15) is 36.5 Å². The van der Waals surface area contributed by atoms with Crippen molar-refractivity contribution in [2.24, 2.45) is 11.5 Å². The number of amides is 1. The summed E-state index contributed by atoms with van der Waals surface area (Å²) in [6.07, 6.45) is 2.93. The summed E-state index contributed by atoms with van der Waals surface area (Å²) < 4.78 is 0. The van der Waals surface area contributed by atoms with Crippen molar-refractivity contribution in [1.29, 1.82) is 0 Å². The first-order valence-corrected chi connectivity index (χ1v) is 9.59. The van der Waals surface area contributed by atoms with Crippen LogP contribution >= 0.6 is 11.6 Å². The predicted octanol–water partition coefficient (Wildman–Crippen LogP) is 2.91. The molecule has 0 saturated heterocycles. The molecule has 0 aliphatic heterocycles. The van der Waals surface area contributed by atoms with E-state index in [0.29, 0.717) is 34.9 Å². The van der Waals surface area contributed by atoms with Gasteiger partial charge in [0.15, 0.2) is 0 Å². The van der Waals surface area contributed by atoms with Crippen molar-refractivity contribution in [1.82, 2.24) is 0 Å². The first kappa shape index (κ1) is 27.1. The second-order valence-electron chi connectivity index (χ2n) is 6.21. The molecule has 9 heteroatoms. The first-order valence-electron chi connectivity index (χ1n) is 9.22. The lowest BCUT2D eigenvalue weighted by atomic mass is 10.1. The van der Waals surface area contributed by atoms with Gasteiger partial charge in [0, 0.05) is 28.9 Å². The van der Waals surface area contributed by atoms with Crippen LogP contribution in [0, 0.1) is 0 Å². The van der Waals surface area contributed by atoms with Crippen molar-refractivity contribution in [2.75, 3.05) is 17.6 Å². The normalized spacial score (nSPS) is 10.4. The van der Waals surface area contributed by atoms with Crippen molar-refractivity contribution >= 4 is 41.1 Å². The van der Waals surface area contributed by atoms with Crippen LogP contribution in [0.4, 0.5) is 11.4 Å². The van der Waals surface area contributed by atoms with E-state index in [0.717, 1.165) is 19.1 Å². The van der Waals surface area contributed by atoms with Gasteiger partial charge in [-0.1, -0.05) is 24.1 Å². The topological polar surface area (TPSA) is 162 Å². The van der Waals surface area contributed by atoms with E-state index in [9.17, 15) is 14.4 Å². The van der Waals surface area contributed by atoms with Crippen LogP contribution in [0.25, 0.3) is 0 Å². The number of carboxylic acid groups (broad SMARTS) is 1. The Labute approximate surface area is 181 Å². The van der Waals surface area contributed by atoms with Gasteiger partial charge in [0.25, 0.3) is 0 Å². The van der Waals surface area contributed by atoms with Gasteiger partial charge in [0.1, 0.15) is 12.3 Å². The number of nitrogen functional groups attached to an aromatic ring is 1. The molecule has 0 heterocycles. The summed E-state index contributed by atoms with van der Waals surface area (Å²) in [5.41, 5.74) is 17.8. The fourth-order valence-electron chi connectivity index (χ4n) is 1.99. The van der Waals surface area contributed by atoms with E-state index in [-0.39, 0.29) is 5.91 Å². The number of carboxylic acids is 1. The number of halogens is 1. The Bertz CT molecular complexity index is 768. The lowest BCUT2D eigenvalue weighted by Gasteiger charge is -2.03. The number of aliphatic carboxylic acids is 1. The molecule has 0 aliphatic rings. The molecule has 8 nitrogen and oxygen atoms in total. The van der Waals surface area contributed by atoms with E-state index >= 15 is 0 Å². The number of anilines is 2. The average Bonchev–Trinajstić information content (AvgIpc) is 2.69. The van der Waals surface area contributed by atoms with Crippen molar-refractivity contribution in [2.45, 2.75) is 32.2 Å². The minimum Gasteiger partial charge on any atom is -0.480 e. The molecule has 0 aliphatic carbocycles. The van der Waals surface area contributed by atoms with E-state index in [4.69, 9.17) is 33.9 Å². The highest BCUT2D eigenvalue weighted by Gasteiger charge is 2.09. The number of benzene rings is 2. The molecule has 0 saturated carbocycles. The maximum absolute atomic E-state index is 10.6. The zero-order chi connectivity index (χ0) is 22.9. The van der Waals surface area contributed by atoms with Gasteiger partial charge in [-0.3, -0.25) is 14.4 Å². The maximum atomic E-state index is 10.6. The summed E-state index contributed by atoms with van der Waals surface area (Å²) in [7, 11) is 0. The van der Waals surface area contributed by atoms with Crippen molar-refractivity contribution in [3.8, 4) is 0 Å². The van der Waals surface area contributed by atoms with Gasteiger partial charge in [-0.25, -0.2) is 0 Å². The number of rotatable bonds is 7. The smallest absolute Gasteiger partial charge is 0.320 e. The Balaban J connectivity index is 0.000000429. The number of nitrogens with one attached hydrogen (secondary N) is 1. The monoisotopic (exact) mass is 436 g/mol. The zero-order valence-electron chi connectivity index (χ0n) is 16.9. The minimum atomic E-state index is -0.933. The summed E-state index contributed by atoms with van der Waals surface area (Å²) >= 11 is 5.56. The van der Waals surface area contributed by atoms with Gasteiger partial charge in [0.2, 0.25) is 5.91 Å². The number of hydrogen-bond donors (Lipinski definition) is 5. The Kier molecular flexibility index (Phi) is 14.4.